The molecule has 0 spiro atoms. The van der Waals surface area contributed by atoms with Crippen LogP contribution in [0.2, 0.25) is 0 Å². The van der Waals surface area contributed by atoms with E-state index >= 15 is 0 Å². The van der Waals surface area contributed by atoms with Gasteiger partial charge in [0.15, 0.2) is 0 Å². The SMILES string of the molecule is C.CS(=O)(=O)Cl.CS(=O)(=O)NCC1CC2C=CC1C2.NCC1CC2C=CC1C2. The van der Waals surface area contributed by atoms with Crippen LogP contribution in [0.15, 0.2) is 24.3 Å². The van der Waals surface area contributed by atoms with Gasteiger partial charge in [-0.05, 0) is 67.7 Å². The summed E-state index contributed by atoms with van der Waals surface area (Å²) in [7, 11) is -1.69. The van der Waals surface area contributed by atoms with Gasteiger partial charge in [-0.3, -0.25) is 0 Å². The molecule has 6 unspecified atom stereocenters. The van der Waals surface area contributed by atoms with E-state index in [0.717, 1.165) is 42.9 Å². The summed E-state index contributed by atoms with van der Waals surface area (Å²) in [5.41, 5.74) is 5.59. The van der Waals surface area contributed by atoms with E-state index in [9.17, 15) is 16.8 Å². The number of allylic oxidation sites excluding steroid dienone is 4. The number of sulfonamides is 1. The normalized spacial score (nSPS) is 34.3. The Morgan fingerprint density at radius 2 is 1.32 bits per heavy atom. The number of nitrogens with one attached hydrogen (secondary N) is 1. The van der Waals surface area contributed by atoms with Crippen molar-refractivity contribution in [2.45, 2.75) is 33.1 Å². The van der Waals surface area contributed by atoms with Crippen LogP contribution in [-0.4, -0.2) is 42.4 Å². The summed E-state index contributed by atoms with van der Waals surface area (Å²) in [4.78, 5) is 0. The summed E-state index contributed by atoms with van der Waals surface area (Å²) in [6.07, 6.45) is 16.5. The van der Waals surface area contributed by atoms with Gasteiger partial charge in [-0.1, -0.05) is 31.7 Å². The van der Waals surface area contributed by atoms with Crippen molar-refractivity contribution in [3.8, 4) is 0 Å². The number of rotatable bonds is 4. The van der Waals surface area contributed by atoms with Crippen molar-refractivity contribution in [2.75, 3.05) is 25.6 Å². The molecule has 2 fully saturated rings. The van der Waals surface area contributed by atoms with Crippen molar-refractivity contribution in [3.63, 3.8) is 0 Å². The Hall–Kier alpha value is -0.410. The Bertz CT molecular complexity index is 757. The average molecular weight is 455 g/mol. The maximum Gasteiger partial charge on any atom is 0.229 e. The van der Waals surface area contributed by atoms with E-state index in [2.05, 4.69) is 39.7 Å². The fourth-order valence-corrected chi connectivity index (χ4v) is 5.07. The molecule has 3 N–H and O–H groups in total. The predicted octanol–water partition coefficient (Wildman–Crippen LogP) is 2.73. The van der Waals surface area contributed by atoms with Crippen molar-refractivity contribution in [2.24, 2.45) is 41.2 Å². The third kappa shape index (κ3) is 8.95. The molecule has 6 nitrogen and oxygen atoms in total. The molecule has 4 aliphatic rings. The lowest BCUT2D eigenvalue weighted by molar-refractivity contribution is 0.441. The molecule has 0 aromatic carbocycles. The molecule has 0 amide bonds. The van der Waals surface area contributed by atoms with E-state index in [1.54, 1.807) is 0 Å². The zero-order chi connectivity index (χ0) is 20.2. The molecule has 0 heterocycles. The highest BCUT2D eigenvalue weighted by atomic mass is 35.7. The summed E-state index contributed by atoms with van der Waals surface area (Å²) in [5.74, 6) is 4.43. The molecule has 164 valence electrons. The van der Waals surface area contributed by atoms with Crippen LogP contribution < -0.4 is 10.5 Å². The molecule has 0 saturated heterocycles. The van der Waals surface area contributed by atoms with Gasteiger partial charge >= 0.3 is 0 Å². The van der Waals surface area contributed by atoms with Gasteiger partial charge in [-0.15, -0.1) is 0 Å². The van der Waals surface area contributed by atoms with Gasteiger partial charge in [0.1, 0.15) is 0 Å². The van der Waals surface area contributed by atoms with Gasteiger partial charge in [0.2, 0.25) is 19.1 Å². The summed E-state index contributed by atoms with van der Waals surface area (Å²) < 4.78 is 43.1. The van der Waals surface area contributed by atoms with Gasteiger partial charge in [-0.25, -0.2) is 21.6 Å². The lowest BCUT2D eigenvalue weighted by Crippen LogP contribution is -2.29. The second kappa shape index (κ2) is 10.6. The number of halogens is 1. The van der Waals surface area contributed by atoms with Crippen LogP contribution in [0, 0.1) is 35.5 Å². The molecule has 4 bridgehead atoms. The van der Waals surface area contributed by atoms with Crippen LogP contribution in [0.5, 0.6) is 0 Å². The van der Waals surface area contributed by atoms with Crippen molar-refractivity contribution in [1.82, 2.24) is 4.72 Å². The Labute approximate surface area is 175 Å². The summed E-state index contributed by atoms with van der Waals surface area (Å²) in [5, 5.41) is 0. The first kappa shape index (κ1) is 25.6. The Balaban J connectivity index is 0.000000229. The van der Waals surface area contributed by atoms with E-state index < -0.39 is 19.1 Å². The van der Waals surface area contributed by atoms with Crippen LogP contribution in [0.1, 0.15) is 33.1 Å². The molecule has 0 aliphatic heterocycles. The minimum Gasteiger partial charge on any atom is -0.330 e. The lowest BCUT2D eigenvalue weighted by Gasteiger charge is -2.17. The quantitative estimate of drug-likeness (QED) is 0.501. The molecule has 28 heavy (non-hydrogen) atoms. The summed E-state index contributed by atoms with van der Waals surface area (Å²) in [6, 6.07) is 0. The molecule has 4 rings (SSSR count). The van der Waals surface area contributed by atoms with E-state index in [1.165, 1.54) is 25.5 Å². The largest absolute Gasteiger partial charge is 0.330 e. The third-order valence-electron chi connectivity index (χ3n) is 5.74. The molecular weight excluding hydrogens is 420 g/mol. The molecule has 0 aromatic heterocycles. The van der Waals surface area contributed by atoms with Crippen molar-refractivity contribution in [1.29, 1.82) is 0 Å². The second-order valence-electron chi connectivity index (χ2n) is 8.12. The third-order valence-corrected chi connectivity index (χ3v) is 6.43. The van der Waals surface area contributed by atoms with Gasteiger partial charge in [0.05, 0.1) is 12.5 Å². The maximum atomic E-state index is 10.9. The smallest absolute Gasteiger partial charge is 0.229 e. The minimum absolute atomic E-state index is 0. The fourth-order valence-electron chi connectivity index (χ4n) is 4.55. The highest BCUT2D eigenvalue weighted by Crippen LogP contribution is 2.43. The predicted molar refractivity (Wildman–Crippen MR) is 117 cm³/mol. The van der Waals surface area contributed by atoms with E-state index in [1.807, 2.05) is 0 Å². The number of hydrogen-bond donors (Lipinski definition) is 2. The number of hydrogen-bond acceptors (Lipinski definition) is 5. The monoisotopic (exact) mass is 454 g/mol. The topological polar surface area (TPSA) is 106 Å². The standard InChI is InChI=1S/C9H15NO2S.C8H13N.CH3ClO2S.CH4/c1-13(11,12)10-6-9-5-7-2-3-8(9)4-7;9-5-8-4-6-1-2-7(8)3-6;1-5(2,3)4;/h2-3,7-10H,4-6H2,1H3;1-2,6-8H,3-5,9H2;1H3;1H4. The molecule has 9 heteroatoms. The van der Waals surface area contributed by atoms with Crippen LogP contribution >= 0.6 is 10.7 Å². The van der Waals surface area contributed by atoms with Crippen LogP contribution in [0.3, 0.4) is 0 Å². The molecule has 2 saturated carbocycles. The first-order chi connectivity index (χ1) is 12.4. The summed E-state index contributed by atoms with van der Waals surface area (Å²) in [6.45, 7) is 1.51. The Morgan fingerprint density at radius 1 is 0.893 bits per heavy atom. The Morgan fingerprint density at radius 3 is 1.57 bits per heavy atom. The van der Waals surface area contributed by atoms with Crippen molar-refractivity contribution in [3.05, 3.63) is 24.3 Å². The molecule has 0 radical (unpaired) electrons. The van der Waals surface area contributed by atoms with Gasteiger partial charge in [-0.2, -0.15) is 0 Å². The van der Waals surface area contributed by atoms with Gasteiger partial charge in [0.25, 0.3) is 0 Å². The van der Waals surface area contributed by atoms with Gasteiger partial charge < -0.3 is 5.73 Å². The lowest BCUT2D eigenvalue weighted by atomic mass is 9.94. The molecule has 0 aromatic rings. The van der Waals surface area contributed by atoms with E-state index in [-0.39, 0.29) is 7.43 Å². The fraction of sp³-hybridized carbons (Fsp3) is 0.789. The zero-order valence-corrected chi connectivity index (χ0v) is 18.3. The zero-order valence-electron chi connectivity index (χ0n) is 15.9. The molecule has 6 atom stereocenters. The molecule has 4 aliphatic carbocycles. The van der Waals surface area contributed by atoms with E-state index in [4.69, 9.17) is 5.73 Å². The number of fused-ring (bicyclic) bond motifs is 4. The first-order valence-electron chi connectivity index (χ1n) is 9.35. The molecular formula is C19H35ClN2O4S2. The minimum atomic E-state index is -3.19. The van der Waals surface area contributed by atoms with Crippen LogP contribution in [0.4, 0.5) is 0 Å². The highest BCUT2D eigenvalue weighted by Gasteiger charge is 2.35. The van der Waals surface area contributed by atoms with Crippen LogP contribution in [0.25, 0.3) is 0 Å². The maximum absolute atomic E-state index is 10.9. The van der Waals surface area contributed by atoms with Crippen molar-refractivity contribution >= 4 is 29.8 Å². The second-order valence-corrected chi connectivity index (χ2v) is 13.0. The summed E-state index contributed by atoms with van der Waals surface area (Å²) >= 11 is 0. The van der Waals surface area contributed by atoms with Crippen molar-refractivity contribution < 1.29 is 16.8 Å². The van der Waals surface area contributed by atoms with Crippen LogP contribution in [-0.2, 0) is 19.1 Å². The van der Waals surface area contributed by atoms with Gasteiger partial charge in [0, 0.05) is 17.2 Å². The highest BCUT2D eigenvalue weighted by molar-refractivity contribution is 8.13. The average Bonchev–Trinajstić information content (AvgIpc) is 3.31. The Kier molecular flexibility index (Phi) is 9.67. The van der Waals surface area contributed by atoms with E-state index in [0.29, 0.717) is 18.4 Å². The first-order valence-corrected chi connectivity index (χ1v) is 14.0. The number of nitrogens with two attached hydrogens (primary N) is 1.